The Hall–Kier alpha value is -1.95. The number of hydrogen-bond donors (Lipinski definition) is 0. The van der Waals surface area contributed by atoms with Gasteiger partial charge in [-0.2, -0.15) is 5.10 Å². The first-order chi connectivity index (χ1) is 8.72. The molecule has 1 atom stereocenters. The number of nitro benzene ring substituents is 1. The zero-order valence-corrected chi connectivity index (χ0v) is 9.78. The van der Waals surface area contributed by atoms with E-state index in [0.717, 1.165) is 30.4 Å². The lowest BCUT2D eigenvalue weighted by molar-refractivity contribution is -0.384. The fraction of sp³-hybridized carbons (Fsp3) is 0.417. The zero-order chi connectivity index (χ0) is 12.5. The van der Waals surface area contributed by atoms with Crippen molar-refractivity contribution in [2.75, 3.05) is 6.61 Å². The molecule has 6 heteroatoms. The van der Waals surface area contributed by atoms with Gasteiger partial charge < -0.3 is 4.74 Å². The second kappa shape index (κ2) is 4.38. The summed E-state index contributed by atoms with van der Waals surface area (Å²) in [6.07, 6.45) is 4.20. The van der Waals surface area contributed by atoms with Crippen molar-refractivity contribution in [3.63, 3.8) is 0 Å². The highest BCUT2D eigenvalue weighted by molar-refractivity contribution is 5.80. The van der Waals surface area contributed by atoms with Crippen molar-refractivity contribution in [2.24, 2.45) is 0 Å². The minimum absolute atomic E-state index is 0.0965. The van der Waals surface area contributed by atoms with Gasteiger partial charge in [-0.25, -0.2) is 0 Å². The topological polar surface area (TPSA) is 70.2 Å². The van der Waals surface area contributed by atoms with Gasteiger partial charge in [0.15, 0.2) is 0 Å². The first-order valence-electron chi connectivity index (χ1n) is 5.95. The minimum atomic E-state index is -0.392. The lowest BCUT2D eigenvalue weighted by atomic mass is 10.2. The van der Waals surface area contributed by atoms with Gasteiger partial charge in [0.05, 0.1) is 23.1 Å². The van der Waals surface area contributed by atoms with Crippen molar-refractivity contribution in [2.45, 2.75) is 25.5 Å². The molecule has 0 bridgehead atoms. The Kier molecular flexibility index (Phi) is 2.71. The number of rotatable bonds is 3. The van der Waals surface area contributed by atoms with Crippen LogP contribution < -0.4 is 0 Å². The van der Waals surface area contributed by atoms with E-state index >= 15 is 0 Å². The second-order valence-electron chi connectivity index (χ2n) is 4.49. The van der Waals surface area contributed by atoms with Crippen LogP contribution in [0.3, 0.4) is 0 Å². The van der Waals surface area contributed by atoms with E-state index in [1.807, 2.05) is 10.9 Å². The molecule has 1 aliphatic rings. The molecule has 1 aliphatic heterocycles. The summed E-state index contributed by atoms with van der Waals surface area (Å²) in [6, 6.07) is 4.71. The fourth-order valence-corrected chi connectivity index (χ4v) is 2.27. The molecule has 1 saturated heterocycles. The average Bonchev–Trinajstić information content (AvgIpc) is 2.96. The molecule has 94 valence electrons. The number of benzene rings is 1. The van der Waals surface area contributed by atoms with E-state index in [0.29, 0.717) is 6.54 Å². The van der Waals surface area contributed by atoms with Crippen LogP contribution in [0.2, 0.25) is 0 Å². The Morgan fingerprint density at radius 1 is 1.56 bits per heavy atom. The van der Waals surface area contributed by atoms with Crippen LogP contribution in [0, 0.1) is 10.1 Å². The van der Waals surface area contributed by atoms with Gasteiger partial charge in [0.25, 0.3) is 5.69 Å². The van der Waals surface area contributed by atoms with Gasteiger partial charge in [0, 0.05) is 30.3 Å². The summed E-state index contributed by atoms with van der Waals surface area (Å²) in [4.78, 5) is 10.3. The number of non-ortho nitro benzene ring substituents is 1. The summed E-state index contributed by atoms with van der Waals surface area (Å²) in [6.45, 7) is 1.53. The molecule has 0 spiro atoms. The molecule has 0 amide bonds. The number of hydrogen-bond acceptors (Lipinski definition) is 4. The maximum absolute atomic E-state index is 10.7. The highest BCUT2D eigenvalue weighted by Gasteiger charge is 2.17. The predicted octanol–water partition coefficient (Wildman–Crippen LogP) is 2.12. The van der Waals surface area contributed by atoms with Crippen LogP contribution in [0.25, 0.3) is 10.9 Å². The van der Waals surface area contributed by atoms with Gasteiger partial charge >= 0.3 is 0 Å². The molecular formula is C12H13N3O3. The van der Waals surface area contributed by atoms with E-state index in [9.17, 15) is 10.1 Å². The molecule has 1 aromatic heterocycles. The molecule has 0 saturated carbocycles. The molecule has 0 radical (unpaired) electrons. The third-order valence-corrected chi connectivity index (χ3v) is 3.16. The Balaban J connectivity index is 1.87. The summed E-state index contributed by atoms with van der Waals surface area (Å²) in [5.74, 6) is 0. The SMILES string of the molecule is O=[N+]([O-])c1ccc2nn(CC3CCCO3)cc2c1. The van der Waals surface area contributed by atoms with Gasteiger partial charge in [-0.15, -0.1) is 0 Å². The third-order valence-electron chi connectivity index (χ3n) is 3.16. The van der Waals surface area contributed by atoms with Crippen molar-refractivity contribution in [1.82, 2.24) is 9.78 Å². The van der Waals surface area contributed by atoms with Crippen molar-refractivity contribution in [3.05, 3.63) is 34.5 Å². The molecule has 0 N–H and O–H groups in total. The van der Waals surface area contributed by atoms with Gasteiger partial charge in [-0.3, -0.25) is 14.8 Å². The Morgan fingerprint density at radius 2 is 2.44 bits per heavy atom. The highest BCUT2D eigenvalue weighted by atomic mass is 16.6. The molecule has 1 fully saturated rings. The molecule has 3 rings (SSSR count). The standard InChI is InChI=1S/C12H13N3O3/c16-15(17)10-3-4-12-9(6-10)7-14(13-12)8-11-2-1-5-18-11/h3-4,6-7,11H,1-2,5,8H2. The molecule has 1 unspecified atom stereocenters. The largest absolute Gasteiger partial charge is 0.376 e. The molecule has 18 heavy (non-hydrogen) atoms. The zero-order valence-electron chi connectivity index (χ0n) is 9.78. The summed E-state index contributed by atoms with van der Waals surface area (Å²) in [5, 5.41) is 15.9. The summed E-state index contributed by atoms with van der Waals surface area (Å²) < 4.78 is 7.36. The predicted molar refractivity (Wildman–Crippen MR) is 65.4 cm³/mol. The van der Waals surface area contributed by atoms with Crippen molar-refractivity contribution >= 4 is 16.6 Å². The molecular weight excluding hydrogens is 234 g/mol. The molecule has 1 aromatic carbocycles. The Labute approximate surface area is 103 Å². The second-order valence-corrected chi connectivity index (χ2v) is 4.49. The Bertz CT molecular complexity index is 587. The van der Waals surface area contributed by atoms with E-state index in [1.54, 1.807) is 12.1 Å². The van der Waals surface area contributed by atoms with Crippen LogP contribution in [0.1, 0.15) is 12.8 Å². The quantitative estimate of drug-likeness (QED) is 0.615. The maximum atomic E-state index is 10.7. The van der Waals surface area contributed by atoms with Crippen LogP contribution in [-0.4, -0.2) is 27.4 Å². The van der Waals surface area contributed by atoms with Gasteiger partial charge in [0.1, 0.15) is 0 Å². The molecule has 6 nitrogen and oxygen atoms in total. The minimum Gasteiger partial charge on any atom is -0.376 e. The van der Waals surface area contributed by atoms with Gasteiger partial charge in [-0.1, -0.05) is 0 Å². The van der Waals surface area contributed by atoms with Crippen LogP contribution >= 0.6 is 0 Å². The van der Waals surface area contributed by atoms with Crippen molar-refractivity contribution < 1.29 is 9.66 Å². The highest BCUT2D eigenvalue weighted by Crippen LogP contribution is 2.21. The van der Waals surface area contributed by atoms with Crippen molar-refractivity contribution in [3.8, 4) is 0 Å². The number of nitrogens with zero attached hydrogens (tertiary/aromatic N) is 3. The van der Waals surface area contributed by atoms with Crippen LogP contribution in [-0.2, 0) is 11.3 Å². The maximum Gasteiger partial charge on any atom is 0.270 e. The van der Waals surface area contributed by atoms with E-state index < -0.39 is 4.92 Å². The normalized spacial score (nSPS) is 19.4. The van der Waals surface area contributed by atoms with Crippen LogP contribution in [0.5, 0.6) is 0 Å². The summed E-state index contributed by atoms with van der Waals surface area (Å²) in [5.41, 5.74) is 0.873. The summed E-state index contributed by atoms with van der Waals surface area (Å²) >= 11 is 0. The third kappa shape index (κ3) is 2.06. The smallest absolute Gasteiger partial charge is 0.270 e. The monoisotopic (exact) mass is 247 g/mol. The average molecular weight is 247 g/mol. The first kappa shape index (κ1) is 11.2. The lowest BCUT2D eigenvalue weighted by Gasteiger charge is -2.08. The molecule has 2 aromatic rings. The number of aromatic nitrogens is 2. The van der Waals surface area contributed by atoms with Gasteiger partial charge in [-0.05, 0) is 18.9 Å². The van der Waals surface area contributed by atoms with Gasteiger partial charge in [0.2, 0.25) is 0 Å². The van der Waals surface area contributed by atoms with E-state index in [-0.39, 0.29) is 11.8 Å². The Morgan fingerprint density at radius 3 is 3.17 bits per heavy atom. The van der Waals surface area contributed by atoms with Crippen LogP contribution in [0.15, 0.2) is 24.4 Å². The van der Waals surface area contributed by atoms with E-state index in [4.69, 9.17) is 4.74 Å². The van der Waals surface area contributed by atoms with E-state index in [2.05, 4.69) is 5.10 Å². The number of ether oxygens (including phenoxy) is 1. The molecule has 0 aliphatic carbocycles. The first-order valence-corrected chi connectivity index (χ1v) is 5.95. The fourth-order valence-electron chi connectivity index (χ4n) is 2.27. The van der Waals surface area contributed by atoms with E-state index in [1.165, 1.54) is 6.07 Å². The summed E-state index contributed by atoms with van der Waals surface area (Å²) in [7, 11) is 0. The van der Waals surface area contributed by atoms with Crippen LogP contribution in [0.4, 0.5) is 5.69 Å². The molecule has 2 heterocycles. The number of nitro groups is 1. The number of fused-ring (bicyclic) bond motifs is 1. The lowest BCUT2D eigenvalue weighted by Crippen LogP contribution is -2.15. The van der Waals surface area contributed by atoms with Crippen molar-refractivity contribution in [1.29, 1.82) is 0 Å².